The molecule has 3 aromatic rings. The minimum atomic E-state index is -1.07. The third-order valence-electron chi connectivity index (χ3n) is 4.22. The number of fused-ring (bicyclic) bond motifs is 1. The standard InChI is InChI=1S/C19H19FN2O3/c1-19(10-23,11-24)22-18(25)13-4-2-12(3-5-13)16-9-21-17-8-14(20)6-7-15(16)17/h2-9,21,23-24H,10-11H2,1H3,(H,22,25). The van der Waals surface area contributed by atoms with Crippen LogP contribution in [0.5, 0.6) is 0 Å². The van der Waals surface area contributed by atoms with Crippen molar-refractivity contribution < 1.29 is 19.4 Å². The van der Waals surface area contributed by atoms with E-state index >= 15 is 0 Å². The number of aromatic amines is 1. The van der Waals surface area contributed by atoms with Crippen LogP contribution in [0.1, 0.15) is 17.3 Å². The molecule has 1 heterocycles. The van der Waals surface area contributed by atoms with Crippen molar-refractivity contribution in [3.63, 3.8) is 0 Å². The Kier molecular flexibility index (Phi) is 4.57. The second kappa shape index (κ2) is 6.66. The lowest BCUT2D eigenvalue weighted by Gasteiger charge is -2.26. The number of aliphatic hydroxyl groups is 2. The van der Waals surface area contributed by atoms with Gasteiger partial charge in [0, 0.05) is 28.2 Å². The molecular formula is C19H19FN2O3. The van der Waals surface area contributed by atoms with Gasteiger partial charge in [-0.05, 0) is 42.8 Å². The predicted octanol–water partition coefficient (Wildman–Crippen LogP) is 2.45. The first-order valence-corrected chi connectivity index (χ1v) is 7.87. The lowest BCUT2D eigenvalue weighted by Crippen LogP contribution is -2.51. The molecule has 0 aliphatic carbocycles. The molecule has 0 atom stereocenters. The fraction of sp³-hybridized carbons (Fsp3) is 0.211. The van der Waals surface area contributed by atoms with Crippen LogP contribution in [0.25, 0.3) is 22.0 Å². The summed E-state index contributed by atoms with van der Waals surface area (Å²) < 4.78 is 13.3. The molecule has 0 fully saturated rings. The molecule has 0 unspecified atom stereocenters. The van der Waals surface area contributed by atoms with Crippen molar-refractivity contribution >= 4 is 16.8 Å². The summed E-state index contributed by atoms with van der Waals surface area (Å²) in [5.41, 5.74) is 1.86. The highest BCUT2D eigenvalue weighted by molar-refractivity contribution is 5.98. The zero-order valence-electron chi connectivity index (χ0n) is 13.7. The summed E-state index contributed by atoms with van der Waals surface area (Å²) in [6.45, 7) is 0.836. The van der Waals surface area contributed by atoms with E-state index in [1.807, 2.05) is 0 Å². The molecule has 130 valence electrons. The molecule has 0 saturated heterocycles. The first kappa shape index (κ1) is 17.1. The maximum absolute atomic E-state index is 13.3. The highest BCUT2D eigenvalue weighted by Crippen LogP contribution is 2.29. The summed E-state index contributed by atoms with van der Waals surface area (Å²) in [5, 5.41) is 22.0. The minimum Gasteiger partial charge on any atom is -0.394 e. The number of hydrogen-bond donors (Lipinski definition) is 4. The SMILES string of the molecule is CC(CO)(CO)NC(=O)c1ccc(-c2c[nH]c3cc(F)ccc23)cc1. The smallest absolute Gasteiger partial charge is 0.251 e. The number of amides is 1. The molecule has 0 aliphatic heterocycles. The van der Waals surface area contributed by atoms with Crippen molar-refractivity contribution in [3.05, 3.63) is 60.0 Å². The Bertz CT molecular complexity index is 899. The summed E-state index contributed by atoms with van der Waals surface area (Å²) in [6, 6.07) is 11.5. The molecule has 0 bridgehead atoms. The Balaban J connectivity index is 1.85. The largest absolute Gasteiger partial charge is 0.394 e. The van der Waals surface area contributed by atoms with Crippen LogP contribution < -0.4 is 5.32 Å². The molecule has 0 radical (unpaired) electrons. The Morgan fingerprint density at radius 3 is 2.48 bits per heavy atom. The molecular weight excluding hydrogens is 323 g/mol. The number of rotatable bonds is 5. The van der Waals surface area contributed by atoms with Crippen LogP contribution >= 0.6 is 0 Å². The highest BCUT2D eigenvalue weighted by Gasteiger charge is 2.25. The average Bonchev–Trinajstić information content (AvgIpc) is 3.04. The predicted molar refractivity (Wildman–Crippen MR) is 93.7 cm³/mol. The number of carbonyl (C=O) groups is 1. The van der Waals surface area contributed by atoms with Crippen LogP contribution in [0.4, 0.5) is 4.39 Å². The van der Waals surface area contributed by atoms with Gasteiger partial charge in [0.25, 0.3) is 5.91 Å². The molecule has 0 aliphatic rings. The van der Waals surface area contributed by atoms with Crippen LogP contribution in [0.2, 0.25) is 0 Å². The maximum Gasteiger partial charge on any atom is 0.251 e. The van der Waals surface area contributed by atoms with E-state index in [1.54, 1.807) is 43.5 Å². The quantitative estimate of drug-likeness (QED) is 0.574. The molecule has 6 heteroatoms. The van der Waals surface area contributed by atoms with Gasteiger partial charge in [-0.25, -0.2) is 4.39 Å². The third kappa shape index (κ3) is 3.40. The minimum absolute atomic E-state index is 0.302. The van der Waals surface area contributed by atoms with E-state index in [4.69, 9.17) is 0 Å². The van der Waals surface area contributed by atoms with Gasteiger partial charge >= 0.3 is 0 Å². The number of aliphatic hydroxyl groups excluding tert-OH is 2. The van der Waals surface area contributed by atoms with Crippen molar-refractivity contribution in [3.8, 4) is 11.1 Å². The van der Waals surface area contributed by atoms with Crippen LogP contribution in [0.15, 0.2) is 48.7 Å². The fourth-order valence-corrected chi connectivity index (χ4v) is 2.61. The summed E-state index contributed by atoms with van der Waals surface area (Å²) in [5.74, 6) is -0.679. The molecule has 3 rings (SSSR count). The van der Waals surface area contributed by atoms with E-state index in [9.17, 15) is 19.4 Å². The van der Waals surface area contributed by atoms with Crippen molar-refractivity contribution in [1.82, 2.24) is 10.3 Å². The van der Waals surface area contributed by atoms with Crippen molar-refractivity contribution in [2.24, 2.45) is 0 Å². The second-order valence-corrected chi connectivity index (χ2v) is 6.30. The third-order valence-corrected chi connectivity index (χ3v) is 4.22. The zero-order valence-corrected chi connectivity index (χ0v) is 13.7. The van der Waals surface area contributed by atoms with E-state index in [0.717, 1.165) is 16.5 Å². The lowest BCUT2D eigenvalue weighted by molar-refractivity contribution is 0.0724. The van der Waals surface area contributed by atoms with Crippen molar-refractivity contribution in [2.75, 3.05) is 13.2 Å². The molecule has 25 heavy (non-hydrogen) atoms. The van der Waals surface area contributed by atoms with Gasteiger partial charge < -0.3 is 20.5 Å². The molecule has 1 aromatic heterocycles. The summed E-state index contributed by atoms with van der Waals surface area (Å²) in [7, 11) is 0. The van der Waals surface area contributed by atoms with E-state index < -0.39 is 5.54 Å². The first-order valence-electron chi connectivity index (χ1n) is 7.87. The molecule has 4 N–H and O–H groups in total. The highest BCUT2D eigenvalue weighted by atomic mass is 19.1. The zero-order chi connectivity index (χ0) is 18.0. The van der Waals surface area contributed by atoms with Gasteiger partial charge in [0.15, 0.2) is 0 Å². The number of nitrogens with one attached hydrogen (secondary N) is 2. The molecule has 0 saturated carbocycles. The van der Waals surface area contributed by atoms with Gasteiger partial charge in [-0.3, -0.25) is 4.79 Å². The van der Waals surface area contributed by atoms with Gasteiger partial charge in [-0.1, -0.05) is 12.1 Å². The van der Waals surface area contributed by atoms with Gasteiger partial charge in [0.2, 0.25) is 0 Å². The van der Waals surface area contributed by atoms with Gasteiger partial charge in [-0.2, -0.15) is 0 Å². The van der Waals surface area contributed by atoms with Crippen LogP contribution in [0, 0.1) is 5.82 Å². The number of hydrogen-bond acceptors (Lipinski definition) is 3. The van der Waals surface area contributed by atoms with E-state index in [2.05, 4.69) is 10.3 Å². The van der Waals surface area contributed by atoms with Gasteiger partial charge in [0.1, 0.15) is 5.82 Å². The van der Waals surface area contributed by atoms with Crippen molar-refractivity contribution in [2.45, 2.75) is 12.5 Å². The van der Waals surface area contributed by atoms with Gasteiger partial charge in [0.05, 0.1) is 18.8 Å². The number of benzene rings is 2. The first-order chi connectivity index (χ1) is 12.0. The Morgan fingerprint density at radius 1 is 1.16 bits per heavy atom. The second-order valence-electron chi connectivity index (χ2n) is 6.30. The number of aromatic nitrogens is 1. The normalized spacial score (nSPS) is 11.7. The number of halogens is 1. The van der Waals surface area contributed by atoms with E-state index in [0.29, 0.717) is 11.1 Å². The Labute approximate surface area is 144 Å². The lowest BCUT2D eigenvalue weighted by atomic mass is 10.0. The Morgan fingerprint density at radius 2 is 1.84 bits per heavy atom. The van der Waals surface area contributed by atoms with Crippen LogP contribution in [-0.2, 0) is 0 Å². The molecule has 5 nitrogen and oxygen atoms in total. The van der Waals surface area contributed by atoms with E-state index in [1.165, 1.54) is 12.1 Å². The summed E-state index contributed by atoms with van der Waals surface area (Å²) in [6.07, 6.45) is 1.80. The number of H-pyrrole nitrogens is 1. The average molecular weight is 342 g/mol. The van der Waals surface area contributed by atoms with Gasteiger partial charge in [-0.15, -0.1) is 0 Å². The molecule has 2 aromatic carbocycles. The Hall–Kier alpha value is -2.70. The molecule has 1 amide bonds. The fourth-order valence-electron chi connectivity index (χ4n) is 2.61. The maximum atomic E-state index is 13.3. The van der Waals surface area contributed by atoms with Crippen molar-refractivity contribution in [1.29, 1.82) is 0 Å². The summed E-state index contributed by atoms with van der Waals surface area (Å²) >= 11 is 0. The summed E-state index contributed by atoms with van der Waals surface area (Å²) in [4.78, 5) is 15.3. The van der Waals surface area contributed by atoms with Crippen LogP contribution in [0.3, 0.4) is 0 Å². The monoisotopic (exact) mass is 342 g/mol. The van der Waals surface area contributed by atoms with E-state index in [-0.39, 0.29) is 24.9 Å². The topological polar surface area (TPSA) is 85.3 Å². The molecule has 0 spiro atoms. The van der Waals surface area contributed by atoms with Crippen LogP contribution in [-0.4, -0.2) is 39.9 Å². The number of carbonyl (C=O) groups excluding carboxylic acids is 1.